The van der Waals surface area contributed by atoms with Crippen LogP contribution in [0.3, 0.4) is 0 Å². The van der Waals surface area contributed by atoms with E-state index in [0.29, 0.717) is 0 Å². The molecule has 4 nitrogen and oxygen atoms in total. The van der Waals surface area contributed by atoms with Gasteiger partial charge in [0.15, 0.2) is 17.5 Å². The molecular formula is C10H7F3N2O2. The van der Waals surface area contributed by atoms with Crippen LogP contribution in [0.15, 0.2) is 16.7 Å². The normalized spacial score (nSPS) is 12.8. The highest BCUT2D eigenvalue weighted by molar-refractivity contribution is 5.54. The Morgan fingerprint density at radius 2 is 1.82 bits per heavy atom. The summed E-state index contributed by atoms with van der Waals surface area (Å²) in [6.07, 6.45) is -0.994. The molecule has 2 rings (SSSR count). The number of halogens is 3. The molecular weight excluding hydrogens is 237 g/mol. The predicted molar refractivity (Wildman–Crippen MR) is 50.2 cm³/mol. The zero-order valence-corrected chi connectivity index (χ0v) is 8.62. The Kier molecular flexibility index (Phi) is 2.84. The van der Waals surface area contributed by atoms with Gasteiger partial charge in [-0.15, -0.1) is 0 Å². The number of hydrogen-bond acceptors (Lipinski definition) is 4. The first kappa shape index (κ1) is 11.6. The first-order valence-corrected chi connectivity index (χ1v) is 4.65. The summed E-state index contributed by atoms with van der Waals surface area (Å²) < 4.78 is 43.2. The molecule has 17 heavy (non-hydrogen) atoms. The minimum Gasteiger partial charge on any atom is -0.384 e. The first-order valence-electron chi connectivity index (χ1n) is 4.65. The van der Waals surface area contributed by atoms with Gasteiger partial charge in [-0.25, -0.2) is 13.2 Å². The largest absolute Gasteiger partial charge is 0.384 e. The average molecular weight is 244 g/mol. The molecule has 0 fully saturated rings. The van der Waals surface area contributed by atoms with Crippen molar-refractivity contribution >= 4 is 0 Å². The van der Waals surface area contributed by atoms with Crippen molar-refractivity contribution in [1.29, 1.82) is 0 Å². The summed E-state index contributed by atoms with van der Waals surface area (Å²) in [7, 11) is 0. The van der Waals surface area contributed by atoms with Crippen molar-refractivity contribution in [3.8, 4) is 11.4 Å². The molecule has 0 aliphatic rings. The minimum atomic E-state index is -1.56. The van der Waals surface area contributed by atoms with Crippen molar-refractivity contribution in [3.63, 3.8) is 0 Å². The summed E-state index contributed by atoms with van der Waals surface area (Å²) in [4.78, 5) is 3.71. The predicted octanol–water partition coefficient (Wildman–Crippen LogP) is 2.21. The molecule has 0 amide bonds. The third kappa shape index (κ3) is 2.14. The van der Waals surface area contributed by atoms with Gasteiger partial charge < -0.3 is 9.63 Å². The second-order valence-electron chi connectivity index (χ2n) is 3.39. The highest BCUT2D eigenvalue weighted by Gasteiger charge is 2.17. The van der Waals surface area contributed by atoms with Crippen molar-refractivity contribution in [2.75, 3.05) is 0 Å². The molecule has 0 saturated carbocycles. The van der Waals surface area contributed by atoms with E-state index in [0.717, 1.165) is 12.1 Å². The summed E-state index contributed by atoms with van der Waals surface area (Å²) in [5, 5.41) is 12.6. The molecule has 90 valence electrons. The first-order chi connectivity index (χ1) is 7.99. The molecule has 1 N–H and O–H groups in total. The zero-order valence-electron chi connectivity index (χ0n) is 8.62. The van der Waals surface area contributed by atoms with E-state index in [1.54, 1.807) is 0 Å². The van der Waals surface area contributed by atoms with Gasteiger partial charge >= 0.3 is 0 Å². The van der Waals surface area contributed by atoms with Gasteiger partial charge in [-0.1, -0.05) is 5.16 Å². The Morgan fingerprint density at radius 1 is 1.24 bits per heavy atom. The maximum atomic E-state index is 12.9. The maximum absolute atomic E-state index is 12.9. The van der Waals surface area contributed by atoms with Gasteiger partial charge in [0.1, 0.15) is 6.10 Å². The number of rotatable bonds is 2. The third-order valence-electron chi connectivity index (χ3n) is 2.04. The molecule has 0 bridgehead atoms. The highest BCUT2D eigenvalue weighted by Crippen LogP contribution is 2.22. The fraction of sp³-hybridized carbons (Fsp3) is 0.200. The summed E-state index contributed by atoms with van der Waals surface area (Å²) >= 11 is 0. The number of hydrogen-bond donors (Lipinski definition) is 1. The molecule has 0 radical (unpaired) electrons. The van der Waals surface area contributed by atoms with Crippen LogP contribution in [0.4, 0.5) is 13.2 Å². The summed E-state index contributed by atoms with van der Waals surface area (Å²) in [6, 6.07) is 1.49. The molecule has 2 aromatic rings. The fourth-order valence-electron chi connectivity index (χ4n) is 1.21. The summed E-state index contributed by atoms with van der Waals surface area (Å²) in [5.74, 6) is -4.47. The Balaban J connectivity index is 2.46. The fourth-order valence-corrected chi connectivity index (χ4v) is 1.21. The minimum absolute atomic E-state index is 0.0722. The maximum Gasteiger partial charge on any atom is 0.255 e. The van der Waals surface area contributed by atoms with E-state index in [-0.39, 0.29) is 17.3 Å². The average Bonchev–Trinajstić information content (AvgIpc) is 2.74. The molecule has 7 heteroatoms. The second kappa shape index (κ2) is 4.17. The van der Waals surface area contributed by atoms with Gasteiger partial charge in [-0.3, -0.25) is 0 Å². The van der Waals surface area contributed by atoms with Crippen molar-refractivity contribution in [2.24, 2.45) is 0 Å². The van der Waals surface area contributed by atoms with E-state index in [4.69, 9.17) is 5.11 Å². The van der Waals surface area contributed by atoms with Crippen molar-refractivity contribution < 1.29 is 22.8 Å². The smallest absolute Gasteiger partial charge is 0.255 e. The van der Waals surface area contributed by atoms with Gasteiger partial charge in [0.2, 0.25) is 5.82 Å². The van der Waals surface area contributed by atoms with Crippen molar-refractivity contribution in [3.05, 3.63) is 35.5 Å². The van der Waals surface area contributed by atoms with Gasteiger partial charge in [-0.2, -0.15) is 4.98 Å². The zero-order chi connectivity index (χ0) is 12.6. The molecule has 0 unspecified atom stereocenters. The molecule has 0 saturated heterocycles. The van der Waals surface area contributed by atoms with Gasteiger partial charge in [0.25, 0.3) is 5.89 Å². The third-order valence-corrected chi connectivity index (χ3v) is 2.04. The van der Waals surface area contributed by atoms with Crippen molar-refractivity contribution in [2.45, 2.75) is 13.0 Å². The molecule has 0 aliphatic carbocycles. The highest BCUT2D eigenvalue weighted by atomic mass is 19.2. The van der Waals surface area contributed by atoms with E-state index in [1.807, 2.05) is 0 Å². The Bertz CT molecular complexity index is 531. The van der Waals surface area contributed by atoms with Crippen LogP contribution < -0.4 is 0 Å². The van der Waals surface area contributed by atoms with Crippen molar-refractivity contribution in [1.82, 2.24) is 10.1 Å². The molecule has 1 aromatic carbocycles. The van der Waals surface area contributed by atoms with E-state index in [9.17, 15) is 13.2 Å². The van der Waals surface area contributed by atoms with Crippen LogP contribution in [0.5, 0.6) is 0 Å². The molecule has 1 atom stereocenters. The lowest BCUT2D eigenvalue weighted by molar-refractivity contribution is 0.152. The monoisotopic (exact) mass is 244 g/mol. The second-order valence-corrected chi connectivity index (χ2v) is 3.39. The molecule has 0 aliphatic heterocycles. The summed E-state index contributed by atoms with van der Waals surface area (Å²) in [5.41, 5.74) is -0.0722. The standard InChI is InChI=1S/C10H7F3N2O2/c1-4(16)10-14-9(15-17-10)5-2-6(11)8(13)7(12)3-5/h2-4,16H,1H3/t4-/m0/s1. The van der Waals surface area contributed by atoms with Crippen LogP contribution >= 0.6 is 0 Å². The lowest BCUT2D eigenvalue weighted by Gasteiger charge is -1.98. The number of nitrogens with zero attached hydrogens (tertiary/aromatic N) is 2. The van der Waals surface area contributed by atoms with Gasteiger partial charge in [0, 0.05) is 5.56 Å². The quantitative estimate of drug-likeness (QED) is 0.823. The van der Waals surface area contributed by atoms with E-state index < -0.39 is 23.6 Å². The molecule has 1 heterocycles. The molecule has 0 spiro atoms. The van der Waals surface area contributed by atoms with Crippen LogP contribution in [-0.4, -0.2) is 15.2 Å². The van der Waals surface area contributed by atoms with Crippen LogP contribution in [0.25, 0.3) is 11.4 Å². The summed E-state index contributed by atoms with van der Waals surface area (Å²) in [6.45, 7) is 1.39. The van der Waals surface area contributed by atoms with Crippen LogP contribution in [0, 0.1) is 17.5 Å². The van der Waals surface area contributed by atoms with E-state index >= 15 is 0 Å². The number of aromatic nitrogens is 2. The number of benzene rings is 1. The van der Waals surface area contributed by atoms with Gasteiger partial charge in [-0.05, 0) is 19.1 Å². The topological polar surface area (TPSA) is 59.2 Å². The van der Waals surface area contributed by atoms with Crippen LogP contribution in [0.2, 0.25) is 0 Å². The lowest BCUT2D eigenvalue weighted by atomic mass is 10.2. The molecule has 1 aromatic heterocycles. The van der Waals surface area contributed by atoms with Crippen LogP contribution in [-0.2, 0) is 0 Å². The SMILES string of the molecule is C[C@H](O)c1nc(-c2cc(F)c(F)c(F)c2)no1. The van der Waals surface area contributed by atoms with E-state index in [1.165, 1.54) is 6.92 Å². The number of aliphatic hydroxyl groups excluding tert-OH is 1. The Hall–Kier alpha value is -1.89. The van der Waals surface area contributed by atoms with Gasteiger partial charge in [0.05, 0.1) is 0 Å². The Morgan fingerprint density at radius 3 is 2.29 bits per heavy atom. The lowest BCUT2D eigenvalue weighted by Crippen LogP contribution is -1.94. The number of aliphatic hydroxyl groups is 1. The Labute approximate surface area is 93.7 Å². The van der Waals surface area contributed by atoms with Crippen LogP contribution in [0.1, 0.15) is 18.9 Å². The van der Waals surface area contributed by atoms with E-state index in [2.05, 4.69) is 14.7 Å².